The molecule has 3 rings (SSSR count). The van der Waals surface area contributed by atoms with E-state index in [1.807, 2.05) is 7.05 Å². The third-order valence-corrected chi connectivity index (χ3v) is 6.32. The molecule has 2 saturated heterocycles. The Bertz CT molecular complexity index is 637. The van der Waals surface area contributed by atoms with E-state index in [0.717, 1.165) is 70.9 Å². The van der Waals surface area contributed by atoms with Crippen LogP contribution in [0.1, 0.15) is 69.4 Å². The monoisotopic (exact) mass is 543 g/mol. The molecule has 2 fully saturated rings. The molecule has 1 aromatic carbocycles. The number of hydrogen-bond acceptors (Lipinski definition) is 3. The van der Waals surface area contributed by atoms with Gasteiger partial charge in [0.15, 0.2) is 5.96 Å². The second-order valence-electron chi connectivity index (χ2n) is 8.98. The molecule has 2 aliphatic rings. The van der Waals surface area contributed by atoms with Crippen LogP contribution in [0.25, 0.3) is 0 Å². The number of halogens is 1. The lowest BCUT2D eigenvalue weighted by molar-refractivity contribution is -0.0721. The Hall–Kier alpha value is -0.860. The highest BCUT2D eigenvalue weighted by Crippen LogP contribution is 2.18. The molecule has 1 aromatic rings. The van der Waals surface area contributed by atoms with Crippen LogP contribution in [0.2, 0.25) is 0 Å². The first-order valence-corrected chi connectivity index (χ1v) is 11.9. The molecular weight excluding hydrogens is 501 g/mol. The maximum Gasteiger partial charge on any atom is 0.193 e. The molecule has 6 heteroatoms. The smallest absolute Gasteiger partial charge is 0.193 e. The summed E-state index contributed by atoms with van der Waals surface area (Å²) >= 11 is 0. The number of aryl methyl sites for hydroxylation is 1. The third-order valence-electron chi connectivity index (χ3n) is 6.32. The van der Waals surface area contributed by atoms with Crippen molar-refractivity contribution in [3.05, 3.63) is 35.4 Å². The number of guanidine groups is 1. The van der Waals surface area contributed by atoms with E-state index >= 15 is 0 Å². The van der Waals surface area contributed by atoms with Crippen molar-refractivity contribution in [2.45, 2.75) is 76.9 Å². The van der Waals surface area contributed by atoms with Gasteiger partial charge < -0.3 is 19.7 Å². The van der Waals surface area contributed by atoms with Gasteiger partial charge in [-0.05, 0) is 62.0 Å². The second kappa shape index (κ2) is 14.3. The Labute approximate surface area is 206 Å². The fourth-order valence-corrected chi connectivity index (χ4v) is 4.31. The van der Waals surface area contributed by atoms with Crippen molar-refractivity contribution in [1.29, 1.82) is 0 Å². The first-order chi connectivity index (χ1) is 14.7. The largest absolute Gasteiger partial charge is 0.376 e. The van der Waals surface area contributed by atoms with Crippen LogP contribution < -0.4 is 5.32 Å². The summed E-state index contributed by atoms with van der Waals surface area (Å²) in [6.07, 6.45) is 8.64. The van der Waals surface area contributed by atoms with Gasteiger partial charge >= 0.3 is 0 Å². The molecule has 0 saturated carbocycles. The van der Waals surface area contributed by atoms with Crippen LogP contribution in [-0.2, 0) is 15.9 Å². The number of ether oxygens (including phenoxy) is 2. The number of benzene rings is 1. The Balaban J connectivity index is 0.00000341. The summed E-state index contributed by atoms with van der Waals surface area (Å²) in [7, 11) is 1.88. The number of rotatable bonds is 8. The number of nitrogens with zero attached hydrogens (tertiary/aromatic N) is 2. The zero-order valence-electron chi connectivity index (χ0n) is 19.6. The summed E-state index contributed by atoms with van der Waals surface area (Å²) in [5.74, 6) is 1.62. The number of aliphatic imine (C=N–C) groups is 1. The van der Waals surface area contributed by atoms with E-state index < -0.39 is 0 Å². The molecule has 5 nitrogen and oxygen atoms in total. The average Bonchev–Trinajstić information content (AvgIpc) is 2.79. The fourth-order valence-electron chi connectivity index (χ4n) is 4.31. The average molecular weight is 544 g/mol. The van der Waals surface area contributed by atoms with E-state index in [1.165, 1.54) is 24.0 Å². The number of hydrogen-bond donors (Lipinski definition) is 1. The Morgan fingerprint density at radius 1 is 1.16 bits per heavy atom. The molecule has 1 N–H and O–H groups in total. The van der Waals surface area contributed by atoms with Gasteiger partial charge in [0, 0.05) is 33.3 Å². The maximum absolute atomic E-state index is 6.14. The predicted molar refractivity (Wildman–Crippen MR) is 140 cm³/mol. The van der Waals surface area contributed by atoms with E-state index in [2.05, 4.69) is 53.3 Å². The Morgan fingerprint density at radius 2 is 1.90 bits per heavy atom. The summed E-state index contributed by atoms with van der Waals surface area (Å²) in [4.78, 5) is 6.87. The van der Waals surface area contributed by atoms with Crippen molar-refractivity contribution >= 4 is 29.9 Å². The Morgan fingerprint density at radius 3 is 2.52 bits per heavy atom. The van der Waals surface area contributed by atoms with Gasteiger partial charge in [-0.15, -0.1) is 24.0 Å². The summed E-state index contributed by atoms with van der Waals surface area (Å²) < 4.78 is 11.9. The fraction of sp³-hybridized carbons (Fsp3) is 0.720. The van der Waals surface area contributed by atoms with E-state index in [9.17, 15) is 0 Å². The third kappa shape index (κ3) is 8.89. The predicted octanol–water partition coefficient (Wildman–Crippen LogP) is 4.99. The van der Waals surface area contributed by atoms with E-state index in [1.54, 1.807) is 0 Å². The quantitative estimate of drug-likeness (QED) is 0.217. The van der Waals surface area contributed by atoms with Gasteiger partial charge in [0.25, 0.3) is 0 Å². The lowest BCUT2D eigenvalue weighted by Gasteiger charge is -2.35. The van der Waals surface area contributed by atoms with Crippen molar-refractivity contribution in [3.63, 3.8) is 0 Å². The summed E-state index contributed by atoms with van der Waals surface area (Å²) in [5, 5.41) is 3.55. The lowest BCUT2D eigenvalue weighted by Crippen LogP contribution is -2.47. The van der Waals surface area contributed by atoms with E-state index in [0.29, 0.717) is 18.1 Å². The SMILES string of the molecule is CN=C(NCCCc1ccc(C(C)C)cc1)N1CCC(OCC2CCCCO2)CC1.I. The highest BCUT2D eigenvalue weighted by molar-refractivity contribution is 14.0. The second-order valence-corrected chi connectivity index (χ2v) is 8.98. The minimum atomic E-state index is 0. The molecule has 31 heavy (non-hydrogen) atoms. The van der Waals surface area contributed by atoms with Gasteiger partial charge in [0.1, 0.15) is 0 Å². The van der Waals surface area contributed by atoms with Crippen LogP contribution in [-0.4, -0.2) is 63.0 Å². The van der Waals surface area contributed by atoms with Gasteiger partial charge in [-0.25, -0.2) is 0 Å². The minimum Gasteiger partial charge on any atom is -0.376 e. The molecule has 1 atom stereocenters. The zero-order chi connectivity index (χ0) is 21.2. The highest BCUT2D eigenvalue weighted by Gasteiger charge is 2.23. The zero-order valence-corrected chi connectivity index (χ0v) is 22.0. The van der Waals surface area contributed by atoms with Crippen molar-refractivity contribution in [3.8, 4) is 0 Å². The van der Waals surface area contributed by atoms with Crippen LogP contribution in [0.15, 0.2) is 29.3 Å². The summed E-state index contributed by atoms with van der Waals surface area (Å²) in [5.41, 5.74) is 2.83. The van der Waals surface area contributed by atoms with Crippen molar-refractivity contribution < 1.29 is 9.47 Å². The molecule has 1 unspecified atom stereocenters. The first-order valence-electron chi connectivity index (χ1n) is 11.9. The van der Waals surface area contributed by atoms with Crippen LogP contribution >= 0.6 is 24.0 Å². The first kappa shape index (κ1) is 26.4. The molecular formula is C25H42IN3O2. The number of nitrogens with one attached hydrogen (secondary N) is 1. The van der Waals surface area contributed by atoms with E-state index in [4.69, 9.17) is 9.47 Å². The normalized spacial score (nSPS) is 20.6. The minimum absolute atomic E-state index is 0. The molecule has 0 spiro atoms. The van der Waals surface area contributed by atoms with Gasteiger partial charge in [-0.3, -0.25) is 4.99 Å². The van der Waals surface area contributed by atoms with Gasteiger partial charge in [-0.2, -0.15) is 0 Å². The molecule has 0 radical (unpaired) electrons. The number of likely N-dealkylation sites (tertiary alicyclic amines) is 1. The van der Waals surface area contributed by atoms with Gasteiger partial charge in [0.05, 0.1) is 18.8 Å². The summed E-state index contributed by atoms with van der Waals surface area (Å²) in [6.45, 7) is 9.11. The lowest BCUT2D eigenvalue weighted by atomic mass is 10.0. The molecule has 0 amide bonds. The topological polar surface area (TPSA) is 46.1 Å². The highest BCUT2D eigenvalue weighted by atomic mass is 127. The molecule has 0 bridgehead atoms. The Kier molecular flexibility index (Phi) is 12.2. The van der Waals surface area contributed by atoms with Gasteiger partial charge in [0.2, 0.25) is 0 Å². The van der Waals surface area contributed by atoms with Crippen LogP contribution in [0.4, 0.5) is 0 Å². The van der Waals surface area contributed by atoms with Crippen molar-refractivity contribution in [2.75, 3.05) is 39.9 Å². The van der Waals surface area contributed by atoms with Gasteiger partial charge in [-0.1, -0.05) is 38.1 Å². The summed E-state index contributed by atoms with van der Waals surface area (Å²) in [6, 6.07) is 9.07. The molecule has 0 aromatic heterocycles. The molecule has 0 aliphatic carbocycles. The molecule has 2 aliphatic heterocycles. The van der Waals surface area contributed by atoms with Crippen molar-refractivity contribution in [1.82, 2.24) is 10.2 Å². The molecule has 176 valence electrons. The maximum atomic E-state index is 6.14. The van der Waals surface area contributed by atoms with Crippen LogP contribution in [0.3, 0.4) is 0 Å². The van der Waals surface area contributed by atoms with Crippen LogP contribution in [0.5, 0.6) is 0 Å². The van der Waals surface area contributed by atoms with Crippen molar-refractivity contribution in [2.24, 2.45) is 4.99 Å². The standard InChI is InChI=1S/C25H41N3O2.HI/c1-20(2)22-11-9-21(10-12-22)7-6-15-27-25(26-3)28-16-13-23(14-17-28)30-19-24-8-4-5-18-29-24;/h9-12,20,23-24H,4-8,13-19H2,1-3H3,(H,26,27);1H. The number of piperidine rings is 1. The van der Waals surface area contributed by atoms with E-state index in [-0.39, 0.29) is 24.0 Å². The van der Waals surface area contributed by atoms with Crippen LogP contribution in [0, 0.1) is 0 Å². The molecule has 2 heterocycles.